The number of carbonyl (C=O) groups is 1. The smallest absolute Gasteiger partial charge is 0.199 e. The predicted octanol–water partition coefficient (Wildman–Crippen LogP) is 5.58. The number of rotatable bonds is 5. The van der Waals surface area contributed by atoms with E-state index in [2.05, 4.69) is 0 Å². The Bertz CT molecular complexity index is 1010. The molecule has 149 valence electrons. The van der Waals surface area contributed by atoms with Crippen molar-refractivity contribution in [3.8, 4) is 17.2 Å². The average Bonchev–Trinajstić information content (AvgIpc) is 2.72. The van der Waals surface area contributed by atoms with Crippen molar-refractivity contribution in [3.05, 3.63) is 88.5 Å². The fourth-order valence-corrected chi connectivity index (χ4v) is 2.54. The first-order valence-electron chi connectivity index (χ1n) is 8.12. The van der Waals surface area contributed by atoms with E-state index in [9.17, 15) is 22.4 Å². The minimum atomic E-state index is -1.72. The van der Waals surface area contributed by atoms with Gasteiger partial charge in [0.15, 0.2) is 29.1 Å². The van der Waals surface area contributed by atoms with Gasteiger partial charge in [0.1, 0.15) is 22.8 Å². The summed E-state index contributed by atoms with van der Waals surface area (Å²) in [6.45, 7) is 0.885. The molecule has 0 heterocycles. The molecule has 0 fully saturated rings. The Balaban J connectivity index is 0.00000300. The third-order valence-corrected chi connectivity index (χ3v) is 4.12. The zero-order valence-electron chi connectivity index (χ0n) is 15.3. The van der Waals surface area contributed by atoms with Crippen LogP contribution in [0.5, 0.6) is 17.2 Å². The molecular weight excluding hydrogens is 427 g/mol. The van der Waals surface area contributed by atoms with Crippen molar-refractivity contribution >= 4 is 5.78 Å². The zero-order valence-corrected chi connectivity index (χ0v) is 16.7. The molecule has 0 aliphatic heterocycles. The summed E-state index contributed by atoms with van der Waals surface area (Å²) in [4.78, 5) is 12.4. The second kappa shape index (κ2) is 9.16. The molecule has 3 aromatic rings. The van der Waals surface area contributed by atoms with Gasteiger partial charge in [-0.3, -0.25) is 4.79 Å². The maximum Gasteiger partial charge on any atom is 0.199 e. The topological polar surface area (TPSA) is 35.5 Å². The number of carbonyl (C=O) groups excluding carboxylic acids is 1. The Morgan fingerprint density at radius 1 is 0.724 bits per heavy atom. The Morgan fingerprint density at radius 2 is 1.14 bits per heavy atom. The Morgan fingerprint density at radius 3 is 1.59 bits per heavy atom. The molecular formula is C21H14F4O3V. The maximum atomic E-state index is 14.0. The molecule has 0 amide bonds. The van der Waals surface area contributed by atoms with Crippen molar-refractivity contribution in [1.29, 1.82) is 0 Å². The van der Waals surface area contributed by atoms with Crippen LogP contribution in [0.25, 0.3) is 0 Å². The van der Waals surface area contributed by atoms with Crippen molar-refractivity contribution in [1.82, 2.24) is 0 Å². The molecule has 0 saturated carbocycles. The van der Waals surface area contributed by atoms with Crippen LogP contribution in [0.4, 0.5) is 17.6 Å². The predicted molar refractivity (Wildman–Crippen MR) is 94.0 cm³/mol. The van der Waals surface area contributed by atoms with Crippen LogP contribution in [0.15, 0.2) is 48.5 Å². The number of hydrogen-bond acceptors (Lipinski definition) is 3. The molecule has 1 radical (unpaired) electrons. The van der Waals surface area contributed by atoms with E-state index in [0.29, 0.717) is 17.2 Å². The Kier molecular flexibility index (Phi) is 7.11. The monoisotopic (exact) mass is 441 g/mol. The molecule has 8 heteroatoms. The second-order valence-corrected chi connectivity index (χ2v) is 5.89. The van der Waals surface area contributed by atoms with Crippen molar-refractivity contribution in [2.24, 2.45) is 0 Å². The molecule has 0 saturated heterocycles. The summed E-state index contributed by atoms with van der Waals surface area (Å²) in [5.41, 5.74) is -2.25. The molecule has 0 aliphatic rings. The van der Waals surface area contributed by atoms with Gasteiger partial charge < -0.3 is 9.47 Å². The van der Waals surface area contributed by atoms with E-state index >= 15 is 0 Å². The summed E-state index contributed by atoms with van der Waals surface area (Å²) in [7, 11) is 1.53. The molecule has 29 heavy (non-hydrogen) atoms. The van der Waals surface area contributed by atoms with E-state index in [0.717, 1.165) is 6.92 Å². The van der Waals surface area contributed by atoms with Gasteiger partial charge >= 0.3 is 0 Å². The number of ether oxygens (including phenoxy) is 2. The third kappa shape index (κ3) is 4.47. The molecule has 0 N–H and O–H groups in total. The molecule has 0 unspecified atom stereocenters. The van der Waals surface area contributed by atoms with Crippen LogP contribution in [-0.2, 0) is 18.6 Å². The van der Waals surface area contributed by atoms with E-state index in [-0.39, 0.29) is 24.1 Å². The first kappa shape index (κ1) is 22.5. The maximum absolute atomic E-state index is 14.0. The molecule has 3 rings (SSSR count). The van der Waals surface area contributed by atoms with Gasteiger partial charge in [0.25, 0.3) is 0 Å². The molecule has 0 aliphatic carbocycles. The molecule has 0 bridgehead atoms. The van der Waals surface area contributed by atoms with E-state index in [1.165, 1.54) is 31.4 Å². The molecule has 0 atom stereocenters. The first-order chi connectivity index (χ1) is 13.3. The van der Waals surface area contributed by atoms with Gasteiger partial charge in [-0.1, -0.05) is 0 Å². The van der Waals surface area contributed by atoms with Crippen LogP contribution in [0.1, 0.15) is 21.5 Å². The molecule has 0 spiro atoms. The number of hydrogen-bond donors (Lipinski definition) is 0. The molecule has 3 aromatic carbocycles. The summed E-state index contributed by atoms with van der Waals surface area (Å²) >= 11 is 0. The largest absolute Gasteiger partial charge is 0.497 e. The van der Waals surface area contributed by atoms with Crippen LogP contribution >= 0.6 is 0 Å². The normalized spacial score (nSPS) is 10.3. The molecule has 3 nitrogen and oxygen atoms in total. The Hall–Kier alpha value is -2.77. The van der Waals surface area contributed by atoms with Gasteiger partial charge in [0.2, 0.25) is 0 Å². The standard InChI is InChI=1S/C21H14F4O3.V/c1-11-17(22)19(24)16(20(25)18(11)23)21(26)12-3-5-14(6-4-12)28-15-9-7-13(27-2)8-10-15;/h3-10H,1-2H3;. The fraction of sp³-hybridized carbons (Fsp3) is 0.0952. The van der Waals surface area contributed by atoms with E-state index < -0.39 is 40.2 Å². The zero-order chi connectivity index (χ0) is 20.4. The summed E-state index contributed by atoms with van der Waals surface area (Å²) < 4.78 is 66.1. The van der Waals surface area contributed by atoms with Crippen molar-refractivity contribution in [2.45, 2.75) is 6.92 Å². The summed E-state index contributed by atoms with van der Waals surface area (Å²) in [6.07, 6.45) is 0. The molecule has 0 aromatic heterocycles. The van der Waals surface area contributed by atoms with Crippen LogP contribution in [0.3, 0.4) is 0 Å². The van der Waals surface area contributed by atoms with Crippen molar-refractivity contribution in [2.75, 3.05) is 7.11 Å². The van der Waals surface area contributed by atoms with Crippen LogP contribution in [-0.4, -0.2) is 12.9 Å². The summed E-state index contributed by atoms with van der Waals surface area (Å²) in [5, 5.41) is 0. The second-order valence-electron chi connectivity index (χ2n) is 5.89. The number of benzene rings is 3. The van der Waals surface area contributed by atoms with Crippen molar-refractivity contribution in [3.63, 3.8) is 0 Å². The van der Waals surface area contributed by atoms with Crippen LogP contribution < -0.4 is 9.47 Å². The fourth-order valence-electron chi connectivity index (χ4n) is 2.54. The summed E-state index contributed by atoms with van der Waals surface area (Å²) in [6, 6.07) is 12.0. The number of halogens is 4. The average molecular weight is 441 g/mol. The van der Waals surface area contributed by atoms with Gasteiger partial charge in [-0.15, -0.1) is 0 Å². The van der Waals surface area contributed by atoms with Crippen LogP contribution in [0, 0.1) is 30.2 Å². The van der Waals surface area contributed by atoms with Gasteiger partial charge in [0.05, 0.1) is 7.11 Å². The van der Waals surface area contributed by atoms with Gasteiger partial charge in [-0.2, -0.15) is 0 Å². The van der Waals surface area contributed by atoms with E-state index in [1.807, 2.05) is 0 Å². The minimum Gasteiger partial charge on any atom is -0.497 e. The number of ketones is 1. The summed E-state index contributed by atoms with van der Waals surface area (Å²) in [5.74, 6) is -6.31. The quantitative estimate of drug-likeness (QED) is 0.295. The van der Waals surface area contributed by atoms with Gasteiger partial charge in [-0.25, -0.2) is 17.6 Å². The third-order valence-electron chi connectivity index (χ3n) is 4.12. The SMILES string of the molecule is COc1ccc(Oc2ccc(C(=O)c3c(F)c(F)c(C)c(F)c3F)cc2)cc1.[V]. The van der Waals surface area contributed by atoms with E-state index in [4.69, 9.17) is 9.47 Å². The van der Waals surface area contributed by atoms with Crippen LogP contribution in [0.2, 0.25) is 0 Å². The first-order valence-corrected chi connectivity index (χ1v) is 8.12. The van der Waals surface area contributed by atoms with E-state index in [1.54, 1.807) is 24.3 Å². The minimum absolute atomic E-state index is 0. The van der Waals surface area contributed by atoms with Gasteiger partial charge in [0, 0.05) is 29.7 Å². The van der Waals surface area contributed by atoms with Gasteiger partial charge in [-0.05, 0) is 55.5 Å². The number of methoxy groups -OCH3 is 1. The van der Waals surface area contributed by atoms with Crippen molar-refractivity contribution < 1.29 is 50.4 Å². The Labute approximate surface area is 176 Å².